The summed E-state index contributed by atoms with van der Waals surface area (Å²) in [6, 6.07) is 4.00. The molecule has 7 atom stereocenters. The molecule has 3 heteroatoms. The Hall–Kier alpha value is -1.32. The van der Waals surface area contributed by atoms with Gasteiger partial charge in [0.2, 0.25) is 0 Å². The standard InChI is InChI=1S/C25H34O3/c1-15-4-6-19(28-15)12-16-13-22-20-7-5-17-14-18(26)8-10-24(17,2)21(20)9-11-25(22,3)23(16)27/h4-6,12,18,20-23,26-27H,7-11,13-14H2,1-3H3/b16-12+/t18-,20-,21-,22-,23-,24+,25+/m1/s1. The number of allylic oxidation sites excluding steroid dienone is 1. The molecule has 3 fully saturated rings. The summed E-state index contributed by atoms with van der Waals surface area (Å²) in [7, 11) is 0. The molecule has 152 valence electrons. The fourth-order valence-electron chi connectivity index (χ4n) is 7.35. The van der Waals surface area contributed by atoms with Crippen LogP contribution in [0.25, 0.3) is 6.08 Å². The Morgan fingerprint density at radius 3 is 2.64 bits per heavy atom. The number of aryl methyl sites for hydroxylation is 1. The zero-order chi connectivity index (χ0) is 19.7. The van der Waals surface area contributed by atoms with Gasteiger partial charge in [-0.2, -0.15) is 0 Å². The van der Waals surface area contributed by atoms with Crippen LogP contribution in [0.3, 0.4) is 0 Å². The molecule has 0 spiro atoms. The molecule has 5 rings (SSSR count). The van der Waals surface area contributed by atoms with E-state index in [2.05, 4.69) is 26.0 Å². The number of fused-ring (bicyclic) bond motifs is 5. The topological polar surface area (TPSA) is 53.6 Å². The van der Waals surface area contributed by atoms with Crippen molar-refractivity contribution in [2.24, 2.45) is 28.6 Å². The van der Waals surface area contributed by atoms with Gasteiger partial charge in [-0.15, -0.1) is 0 Å². The Balaban J connectivity index is 1.47. The normalized spacial score (nSPS) is 46.7. The molecule has 2 N–H and O–H groups in total. The first-order chi connectivity index (χ1) is 13.3. The molecule has 0 radical (unpaired) electrons. The molecule has 0 aliphatic heterocycles. The van der Waals surface area contributed by atoms with E-state index in [9.17, 15) is 10.2 Å². The maximum absolute atomic E-state index is 11.3. The largest absolute Gasteiger partial charge is 0.462 e. The van der Waals surface area contributed by atoms with Gasteiger partial charge in [0, 0.05) is 5.41 Å². The highest BCUT2D eigenvalue weighted by Gasteiger charge is 2.59. The first-order valence-electron chi connectivity index (χ1n) is 11.1. The van der Waals surface area contributed by atoms with Crippen molar-refractivity contribution < 1.29 is 14.6 Å². The van der Waals surface area contributed by atoms with E-state index in [1.54, 1.807) is 0 Å². The SMILES string of the molecule is Cc1ccc(/C=C2\C[C@@H]3[C@@H]4CC=C5C[C@H](O)CC[C@]5(C)[C@@H]4CC[C@]3(C)[C@@H]2O)o1. The second-order valence-electron chi connectivity index (χ2n) is 10.5. The van der Waals surface area contributed by atoms with E-state index in [1.165, 1.54) is 12.0 Å². The summed E-state index contributed by atoms with van der Waals surface area (Å²) in [4.78, 5) is 0. The zero-order valence-corrected chi connectivity index (χ0v) is 17.4. The number of hydrogen-bond donors (Lipinski definition) is 2. The van der Waals surface area contributed by atoms with Crippen molar-refractivity contribution in [2.45, 2.75) is 77.9 Å². The van der Waals surface area contributed by atoms with Gasteiger partial charge in [0.05, 0.1) is 12.2 Å². The second-order valence-corrected chi connectivity index (χ2v) is 10.5. The zero-order valence-electron chi connectivity index (χ0n) is 17.4. The molecular formula is C25H34O3. The van der Waals surface area contributed by atoms with E-state index in [0.717, 1.165) is 55.6 Å². The Labute approximate surface area is 168 Å². The summed E-state index contributed by atoms with van der Waals surface area (Å²) < 4.78 is 5.76. The Morgan fingerprint density at radius 1 is 1.07 bits per heavy atom. The summed E-state index contributed by atoms with van der Waals surface area (Å²) in [5.41, 5.74) is 2.89. The van der Waals surface area contributed by atoms with Crippen LogP contribution < -0.4 is 0 Å². The van der Waals surface area contributed by atoms with Crippen molar-refractivity contribution in [2.75, 3.05) is 0 Å². The molecule has 1 aromatic heterocycles. The van der Waals surface area contributed by atoms with Crippen LogP contribution in [0.4, 0.5) is 0 Å². The minimum absolute atomic E-state index is 0.0233. The van der Waals surface area contributed by atoms with Gasteiger partial charge < -0.3 is 14.6 Å². The van der Waals surface area contributed by atoms with Crippen molar-refractivity contribution in [3.05, 3.63) is 40.9 Å². The molecule has 28 heavy (non-hydrogen) atoms. The number of rotatable bonds is 1. The van der Waals surface area contributed by atoms with E-state index >= 15 is 0 Å². The van der Waals surface area contributed by atoms with Crippen LogP contribution in [0.5, 0.6) is 0 Å². The first kappa shape index (κ1) is 18.7. The Morgan fingerprint density at radius 2 is 1.89 bits per heavy atom. The van der Waals surface area contributed by atoms with E-state index < -0.39 is 0 Å². The summed E-state index contributed by atoms with van der Waals surface area (Å²) in [6.07, 6.45) is 11.4. The molecule has 1 heterocycles. The maximum atomic E-state index is 11.3. The Bertz CT molecular complexity index is 833. The highest BCUT2D eigenvalue weighted by Crippen LogP contribution is 2.65. The molecule has 3 saturated carbocycles. The average Bonchev–Trinajstić information content (AvgIpc) is 3.18. The lowest BCUT2D eigenvalue weighted by Crippen LogP contribution is -2.51. The van der Waals surface area contributed by atoms with E-state index in [4.69, 9.17) is 4.42 Å². The van der Waals surface area contributed by atoms with Gasteiger partial charge in [0.15, 0.2) is 0 Å². The molecule has 4 aliphatic rings. The number of furan rings is 1. The molecule has 0 bridgehead atoms. The van der Waals surface area contributed by atoms with Gasteiger partial charge in [0.1, 0.15) is 11.5 Å². The monoisotopic (exact) mass is 382 g/mol. The molecule has 0 saturated heterocycles. The van der Waals surface area contributed by atoms with Crippen molar-refractivity contribution in [1.29, 1.82) is 0 Å². The molecule has 0 amide bonds. The van der Waals surface area contributed by atoms with Gasteiger partial charge in [0.25, 0.3) is 0 Å². The fourth-order valence-corrected chi connectivity index (χ4v) is 7.35. The van der Waals surface area contributed by atoms with Crippen LogP contribution in [0.2, 0.25) is 0 Å². The smallest absolute Gasteiger partial charge is 0.127 e. The molecular weight excluding hydrogens is 348 g/mol. The maximum Gasteiger partial charge on any atom is 0.127 e. The molecule has 3 nitrogen and oxygen atoms in total. The third-order valence-corrected chi connectivity index (χ3v) is 9.04. The summed E-state index contributed by atoms with van der Waals surface area (Å²) >= 11 is 0. The van der Waals surface area contributed by atoms with Gasteiger partial charge in [-0.3, -0.25) is 0 Å². The van der Waals surface area contributed by atoms with Crippen molar-refractivity contribution in [1.82, 2.24) is 0 Å². The molecule has 4 aliphatic carbocycles. The number of aliphatic hydroxyl groups excluding tert-OH is 2. The highest BCUT2D eigenvalue weighted by atomic mass is 16.3. The predicted molar refractivity (Wildman–Crippen MR) is 111 cm³/mol. The second kappa shape index (κ2) is 6.34. The lowest BCUT2D eigenvalue weighted by molar-refractivity contribution is -0.0685. The predicted octanol–water partition coefficient (Wildman–Crippen LogP) is 5.27. The van der Waals surface area contributed by atoms with Crippen LogP contribution >= 0.6 is 0 Å². The van der Waals surface area contributed by atoms with Crippen LogP contribution in [-0.4, -0.2) is 22.4 Å². The van der Waals surface area contributed by atoms with Crippen LogP contribution in [0.1, 0.15) is 70.3 Å². The minimum Gasteiger partial charge on any atom is -0.462 e. The van der Waals surface area contributed by atoms with Crippen molar-refractivity contribution >= 4 is 6.08 Å². The summed E-state index contributed by atoms with van der Waals surface area (Å²) in [6.45, 7) is 6.74. The quantitative estimate of drug-likeness (QED) is 0.651. The average molecular weight is 383 g/mol. The fraction of sp³-hybridized carbons (Fsp3) is 0.680. The summed E-state index contributed by atoms with van der Waals surface area (Å²) in [5.74, 6) is 3.65. The van der Waals surface area contributed by atoms with Crippen LogP contribution in [0, 0.1) is 35.5 Å². The number of aliphatic hydroxyl groups is 2. The van der Waals surface area contributed by atoms with Crippen LogP contribution in [0.15, 0.2) is 33.8 Å². The lowest BCUT2D eigenvalue weighted by Gasteiger charge is -2.57. The molecule has 0 aromatic carbocycles. The molecule has 1 aromatic rings. The summed E-state index contributed by atoms with van der Waals surface area (Å²) in [5, 5.41) is 21.4. The van der Waals surface area contributed by atoms with E-state index in [-0.39, 0.29) is 23.0 Å². The number of hydrogen-bond acceptors (Lipinski definition) is 3. The van der Waals surface area contributed by atoms with Gasteiger partial charge in [-0.25, -0.2) is 0 Å². The van der Waals surface area contributed by atoms with Crippen molar-refractivity contribution in [3.8, 4) is 0 Å². The van der Waals surface area contributed by atoms with Gasteiger partial charge in [-0.05, 0) is 98.8 Å². The third kappa shape index (κ3) is 2.62. The lowest BCUT2D eigenvalue weighted by atomic mass is 9.48. The van der Waals surface area contributed by atoms with E-state index in [0.29, 0.717) is 17.8 Å². The van der Waals surface area contributed by atoms with Crippen LogP contribution in [-0.2, 0) is 0 Å². The van der Waals surface area contributed by atoms with Crippen molar-refractivity contribution in [3.63, 3.8) is 0 Å². The van der Waals surface area contributed by atoms with Gasteiger partial charge >= 0.3 is 0 Å². The Kier molecular flexibility index (Phi) is 4.23. The van der Waals surface area contributed by atoms with Gasteiger partial charge in [-0.1, -0.05) is 25.5 Å². The highest BCUT2D eigenvalue weighted by molar-refractivity contribution is 5.51. The first-order valence-corrected chi connectivity index (χ1v) is 11.1. The third-order valence-electron chi connectivity index (χ3n) is 9.04. The minimum atomic E-state index is -0.366. The van der Waals surface area contributed by atoms with E-state index in [1.807, 2.05) is 19.1 Å². The molecule has 0 unspecified atom stereocenters.